The van der Waals surface area contributed by atoms with E-state index in [9.17, 15) is 9.59 Å². The Bertz CT molecular complexity index is 732. The molecule has 0 aliphatic heterocycles. The van der Waals surface area contributed by atoms with E-state index in [2.05, 4.69) is 9.97 Å². The van der Waals surface area contributed by atoms with Gasteiger partial charge in [-0.2, -0.15) is 0 Å². The number of amides is 1. The maximum atomic E-state index is 12.9. The molecule has 2 aromatic rings. The topological polar surface area (TPSA) is 86.3 Å². The van der Waals surface area contributed by atoms with Crippen LogP contribution >= 0.6 is 0 Å². The number of aromatic amines is 1. The molecule has 3 rings (SSSR count). The van der Waals surface area contributed by atoms with Gasteiger partial charge in [0.25, 0.3) is 5.91 Å². The minimum absolute atomic E-state index is 0.0113. The Balaban J connectivity index is 1.68. The summed E-state index contributed by atoms with van der Waals surface area (Å²) in [6.45, 7) is 3.29. The first-order valence-corrected chi connectivity index (χ1v) is 8.54. The number of carbonyl (C=O) groups is 2. The highest BCUT2D eigenvalue weighted by molar-refractivity contribution is 6.05. The van der Waals surface area contributed by atoms with Crippen LogP contribution in [0.25, 0.3) is 11.0 Å². The van der Waals surface area contributed by atoms with Crippen LogP contribution in [0.4, 0.5) is 0 Å². The number of carboxylic acids is 1. The molecule has 1 aliphatic rings. The average Bonchev–Trinajstić information content (AvgIpc) is 3.03. The van der Waals surface area contributed by atoms with Crippen molar-refractivity contribution < 1.29 is 14.7 Å². The molecule has 0 unspecified atom stereocenters. The van der Waals surface area contributed by atoms with Gasteiger partial charge in [-0.15, -0.1) is 0 Å². The van der Waals surface area contributed by atoms with Crippen molar-refractivity contribution in [1.82, 2.24) is 14.9 Å². The van der Waals surface area contributed by atoms with Crippen molar-refractivity contribution in [3.63, 3.8) is 0 Å². The highest BCUT2D eigenvalue weighted by Gasteiger charge is 2.28. The quantitative estimate of drug-likeness (QED) is 0.883. The Morgan fingerprint density at radius 2 is 2.08 bits per heavy atom. The predicted molar refractivity (Wildman–Crippen MR) is 90.8 cm³/mol. The van der Waals surface area contributed by atoms with Crippen molar-refractivity contribution in [1.29, 1.82) is 0 Å². The lowest BCUT2D eigenvalue weighted by molar-refractivity contribution is -0.143. The minimum atomic E-state index is -0.693. The average molecular weight is 329 g/mol. The monoisotopic (exact) mass is 329 g/mol. The molecule has 6 heteroatoms. The zero-order chi connectivity index (χ0) is 17.1. The normalized spacial score (nSPS) is 20.9. The second-order valence-electron chi connectivity index (χ2n) is 6.50. The van der Waals surface area contributed by atoms with Crippen LogP contribution in [0.2, 0.25) is 0 Å². The van der Waals surface area contributed by atoms with Crippen molar-refractivity contribution in [2.24, 2.45) is 11.8 Å². The first-order chi connectivity index (χ1) is 11.6. The SMILES string of the molecule is CCN(CC1CCC(C(=O)O)CC1)C(=O)c1c[nH]c2cccnc12. The van der Waals surface area contributed by atoms with E-state index in [4.69, 9.17) is 5.11 Å². The molecular weight excluding hydrogens is 306 g/mol. The van der Waals surface area contributed by atoms with Gasteiger partial charge < -0.3 is 15.0 Å². The maximum Gasteiger partial charge on any atom is 0.306 e. The Kier molecular flexibility index (Phi) is 4.83. The van der Waals surface area contributed by atoms with Crippen LogP contribution in [0.15, 0.2) is 24.5 Å². The second kappa shape index (κ2) is 7.03. The van der Waals surface area contributed by atoms with Crippen LogP contribution in [0, 0.1) is 11.8 Å². The zero-order valence-electron chi connectivity index (χ0n) is 13.9. The fourth-order valence-corrected chi connectivity index (χ4v) is 3.55. The van der Waals surface area contributed by atoms with Crippen LogP contribution in [0.5, 0.6) is 0 Å². The highest BCUT2D eigenvalue weighted by Crippen LogP contribution is 2.30. The number of pyridine rings is 1. The van der Waals surface area contributed by atoms with Crippen LogP contribution in [-0.2, 0) is 4.79 Å². The van der Waals surface area contributed by atoms with Gasteiger partial charge >= 0.3 is 5.97 Å². The molecule has 2 aromatic heterocycles. The molecule has 2 N–H and O–H groups in total. The Morgan fingerprint density at radius 1 is 1.33 bits per heavy atom. The number of carbonyl (C=O) groups excluding carboxylic acids is 1. The standard InChI is InChI=1S/C18H23N3O3/c1-2-21(11-12-5-7-13(8-6-12)18(23)24)17(22)14-10-20-15-4-3-9-19-16(14)15/h3-4,9-10,12-13,20H,2,5-8,11H2,1H3,(H,23,24). The third kappa shape index (κ3) is 3.27. The van der Waals surface area contributed by atoms with Gasteiger partial charge in [0.15, 0.2) is 0 Å². The van der Waals surface area contributed by atoms with E-state index in [1.54, 1.807) is 12.4 Å². The van der Waals surface area contributed by atoms with Gasteiger partial charge in [-0.05, 0) is 50.7 Å². The third-order valence-corrected chi connectivity index (χ3v) is 5.01. The molecule has 0 spiro atoms. The molecule has 1 saturated carbocycles. The molecular formula is C18H23N3O3. The lowest BCUT2D eigenvalue weighted by Gasteiger charge is -2.31. The summed E-state index contributed by atoms with van der Waals surface area (Å²) in [5, 5.41) is 9.09. The predicted octanol–water partition coefficient (Wildman–Crippen LogP) is 2.92. The summed E-state index contributed by atoms with van der Waals surface area (Å²) >= 11 is 0. The van der Waals surface area contributed by atoms with E-state index in [1.165, 1.54) is 0 Å². The number of hydrogen-bond acceptors (Lipinski definition) is 3. The van der Waals surface area contributed by atoms with E-state index in [0.29, 0.717) is 42.9 Å². The van der Waals surface area contributed by atoms with Crippen molar-refractivity contribution >= 4 is 22.9 Å². The molecule has 6 nitrogen and oxygen atoms in total. The molecule has 1 fully saturated rings. The van der Waals surface area contributed by atoms with Gasteiger partial charge in [0.2, 0.25) is 0 Å². The van der Waals surface area contributed by atoms with E-state index in [1.807, 2.05) is 24.0 Å². The van der Waals surface area contributed by atoms with Crippen LogP contribution in [0.3, 0.4) is 0 Å². The fraction of sp³-hybridized carbons (Fsp3) is 0.500. The Hall–Kier alpha value is -2.37. The number of carboxylic acid groups (broad SMARTS) is 1. The van der Waals surface area contributed by atoms with Gasteiger partial charge in [-0.1, -0.05) is 0 Å². The van der Waals surface area contributed by atoms with Crippen molar-refractivity contribution in [2.75, 3.05) is 13.1 Å². The number of aliphatic carboxylic acids is 1. The molecule has 0 radical (unpaired) electrons. The number of aromatic nitrogens is 2. The molecule has 0 bridgehead atoms. The third-order valence-electron chi connectivity index (χ3n) is 5.01. The summed E-state index contributed by atoms with van der Waals surface area (Å²) in [6.07, 6.45) is 6.57. The first-order valence-electron chi connectivity index (χ1n) is 8.54. The first kappa shape index (κ1) is 16.5. The van der Waals surface area contributed by atoms with Gasteiger partial charge in [-0.25, -0.2) is 0 Å². The van der Waals surface area contributed by atoms with E-state index < -0.39 is 5.97 Å². The summed E-state index contributed by atoms with van der Waals surface area (Å²) in [7, 11) is 0. The Morgan fingerprint density at radius 3 is 2.75 bits per heavy atom. The van der Waals surface area contributed by atoms with Crippen molar-refractivity contribution in [3.8, 4) is 0 Å². The van der Waals surface area contributed by atoms with Crippen molar-refractivity contribution in [2.45, 2.75) is 32.6 Å². The van der Waals surface area contributed by atoms with Crippen LogP contribution in [-0.4, -0.2) is 44.9 Å². The van der Waals surface area contributed by atoms with Gasteiger partial charge in [0.1, 0.15) is 5.52 Å². The van der Waals surface area contributed by atoms with E-state index in [0.717, 1.165) is 18.4 Å². The van der Waals surface area contributed by atoms with Crippen LogP contribution < -0.4 is 0 Å². The summed E-state index contributed by atoms with van der Waals surface area (Å²) in [6, 6.07) is 3.74. The highest BCUT2D eigenvalue weighted by atomic mass is 16.4. The summed E-state index contributed by atoms with van der Waals surface area (Å²) in [5.74, 6) is -0.544. The van der Waals surface area contributed by atoms with Gasteiger partial charge in [-0.3, -0.25) is 14.6 Å². The largest absolute Gasteiger partial charge is 0.481 e. The fourth-order valence-electron chi connectivity index (χ4n) is 3.55. The molecule has 0 aromatic carbocycles. The second-order valence-corrected chi connectivity index (χ2v) is 6.50. The minimum Gasteiger partial charge on any atom is -0.481 e. The Labute approximate surface area is 140 Å². The summed E-state index contributed by atoms with van der Waals surface area (Å²) < 4.78 is 0. The molecule has 1 amide bonds. The maximum absolute atomic E-state index is 12.9. The van der Waals surface area contributed by atoms with E-state index >= 15 is 0 Å². The summed E-state index contributed by atoms with van der Waals surface area (Å²) in [5.41, 5.74) is 2.17. The molecule has 128 valence electrons. The smallest absolute Gasteiger partial charge is 0.306 e. The molecule has 0 atom stereocenters. The zero-order valence-corrected chi connectivity index (χ0v) is 13.9. The number of hydrogen-bond donors (Lipinski definition) is 2. The number of nitrogens with one attached hydrogen (secondary N) is 1. The molecule has 2 heterocycles. The molecule has 0 saturated heterocycles. The van der Waals surface area contributed by atoms with E-state index in [-0.39, 0.29) is 11.8 Å². The number of rotatable bonds is 5. The lowest BCUT2D eigenvalue weighted by Crippen LogP contribution is -2.37. The van der Waals surface area contributed by atoms with Gasteiger partial charge in [0.05, 0.1) is 17.0 Å². The van der Waals surface area contributed by atoms with Crippen LogP contribution in [0.1, 0.15) is 43.0 Å². The number of H-pyrrole nitrogens is 1. The van der Waals surface area contributed by atoms with Gasteiger partial charge in [0, 0.05) is 25.5 Å². The number of nitrogens with zero attached hydrogens (tertiary/aromatic N) is 2. The molecule has 1 aliphatic carbocycles. The summed E-state index contributed by atoms with van der Waals surface area (Å²) in [4.78, 5) is 33.2. The van der Waals surface area contributed by atoms with Crippen molar-refractivity contribution in [3.05, 3.63) is 30.1 Å². The molecule has 24 heavy (non-hydrogen) atoms. The number of fused-ring (bicyclic) bond motifs is 1. The lowest BCUT2D eigenvalue weighted by atomic mass is 9.82.